The Hall–Kier alpha value is -7.22. The number of rotatable bonds is 7. The third kappa shape index (κ3) is 5.35. The summed E-state index contributed by atoms with van der Waals surface area (Å²) in [4.78, 5) is 2.62. The van der Waals surface area contributed by atoms with Crippen LogP contribution in [0.1, 0.15) is 65.5 Å². The van der Waals surface area contributed by atoms with Gasteiger partial charge in [0.05, 0.1) is 11.1 Å². The molecule has 0 atom stereocenters. The molecule has 9 aromatic carbocycles. The fourth-order valence-electron chi connectivity index (χ4n) is 14.7. The number of hydrogen-bond acceptors (Lipinski definition) is 1. The minimum Gasteiger partial charge on any atom is -0.310 e. The lowest BCUT2D eigenvalue weighted by molar-refractivity contribution is -0.0399. The van der Waals surface area contributed by atoms with Gasteiger partial charge in [-0.2, -0.15) is 0 Å². The number of benzene rings is 9. The van der Waals surface area contributed by atoms with Crippen LogP contribution >= 0.6 is 0 Å². The summed E-state index contributed by atoms with van der Waals surface area (Å²) in [6.07, 6.45) is 6.89. The highest BCUT2D eigenvalue weighted by Gasteiger charge is 2.61. The van der Waals surface area contributed by atoms with Crippen LogP contribution in [-0.4, -0.2) is 0 Å². The molecule has 6 aliphatic carbocycles. The van der Waals surface area contributed by atoms with Crippen molar-refractivity contribution < 1.29 is 0 Å². The lowest BCUT2D eigenvalue weighted by atomic mass is 9.43. The van der Waals surface area contributed by atoms with Gasteiger partial charge in [-0.15, -0.1) is 0 Å². The van der Waals surface area contributed by atoms with Crippen molar-refractivity contribution in [3.8, 4) is 44.5 Å². The van der Waals surface area contributed by atoms with Gasteiger partial charge in [-0.3, -0.25) is 0 Å². The monoisotopic (exact) mass is 845 g/mol. The molecule has 1 nitrogen and oxygen atoms in total. The van der Waals surface area contributed by atoms with Crippen LogP contribution in [0.3, 0.4) is 0 Å². The molecule has 1 spiro atoms. The minimum absolute atomic E-state index is 0.0514. The molecule has 4 bridgehead atoms. The summed E-state index contributed by atoms with van der Waals surface area (Å²) in [7, 11) is 0. The van der Waals surface area contributed by atoms with Crippen LogP contribution in [0.5, 0.6) is 0 Å². The van der Waals surface area contributed by atoms with Crippen LogP contribution in [0, 0.1) is 23.7 Å². The van der Waals surface area contributed by atoms with Crippen molar-refractivity contribution in [2.24, 2.45) is 23.7 Å². The van der Waals surface area contributed by atoms with Gasteiger partial charge in [-0.05, 0) is 164 Å². The van der Waals surface area contributed by atoms with Gasteiger partial charge in [0.1, 0.15) is 0 Å². The molecule has 316 valence electrons. The van der Waals surface area contributed by atoms with Gasteiger partial charge in [-0.1, -0.05) is 188 Å². The number of hydrogen-bond donors (Lipinski definition) is 0. The summed E-state index contributed by atoms with van der Waals surface area (Å²) in [5.41, 5.74) is 21.8. The first-order valence-electron chi connectivity index (χ1n) is 24.3. The zero-order valence-corrected chi connectivity index (χ0v) is 37.2. The van der Waals surface area contributed by atoms with Gasteiger partial charge in [-0.25, -0.2) is 0 Å². The average molecular weight is 846 g/mol. The third-order valence-electron chi connectivity index (χ3n) is 16.9. The first-order chi connectivity index (χ1) is 32.7. The molecule has 6 aliphatic rings. The van der Waals surface area contributed by atoms with E-state index in [9.17, 15) is 0 Å². The maximum atomic E-state index is 2.67. The fraction of sp³-hybridized carbons (Fsp3) is 0.169. The zero-order chi connectivity index (χ0) is 43.4. The lowest BCUT2D eigenvalue weighted by Gasteiger charge is -2.61. The topological polar surface area (TPSA) is 3.24 Å². The first-order valence-corrected chi connectivity index (χ1v) is 24.3. The quantitative estimate of drug-likeness (QED) is 0.154. The molecule has 0 aromatic heterocycles. The van der Waals surface area contributed by atoms with E-state index >= 15 is 0 Å². The number of nitrogens with zero attached hydrogens (tertiary/aromatic N) is 1. The van der Waals surface area contributed by atoms with Crippen molar-refractivity contribution in [1.82, 2.24) is 0 Å². The Morgan fingerprint density at radius 1 is 0.318 bits per heavy atom. The third-order valence-corrected chi connectivity index (χ3v) is 16.9. The van der Waals surface area contributed by atoms with Gasteiger partial charge < -0.3 is 4.90 Å². The predicted molar refractivity (Wildman–Crippen MR) is 273 cm³/mol. The molecule has 0 heterocycles. The van der Waals surface area contributed by atoms with Crippen molar-refractivity contribution in [3.05, 3.63) is 258 Å². The molecule has 0 aliphatic heterocycles. The summed E-state index contributed by atoms with van der Waals surface area (Å²) >= 11 is 0. The second kappa shape index (κ2) is 14.6. The molecule has 0 radical (unpaired) electrons. The Balaban J connectivity index is 1.05. The number of anilines is 3. The van der Waals surface area contributed by atoms with Gasteiger partial charge in [0.2, 0.25) is 0 Å². The van der Waals surface area contributed by atoms with Gasteiger partial charge >= 0.3 is 0 Å². The van der Waals surface area contributed by atoms with Crippen molar-refractivity contribution in [3.63, 3.8) is 0 Å². The van der Waals surface area contributed by atoms with Gasteiger partial charge in [0, 0.05) is 22.4 Å². The van der Waals surface area contributed by atoms with Crippen LogP contribution in [0.2, 0.25) is 0 Å². The van der Waals surface area contributed by atoms with E-state index < -0.39 is 5.41 Å². The molecule has 15 rings (SSSR count). The van der Waals surface area contributed by atoms with Crippen molar-refractivity contribution in [2.45, 2.75) is 42.9 Å². The molecule has 0 N–H and O–H groups in total. The molecule has 4 fully saturated rings. The molecular formula is C65H51N. The molecule has 1 heteroatoms. The Labute approximate surface area is 389 Å². The highest BCUT2D eigenvalue weighted by molar-refractivity contribution is 5.95. The van der Waals surface area contributed by atoms with E-state index in [0.29, 0.717) is 11.8 Å². The molecule has 0 unspecified atom stereocenters. The first kappa shape index (κ1) is 38.1. The maximum absolute atomic E-state index is 2.67. The van der Waals surface area contributed by atoms with Crippen LogP contribution < -0.4 is 4.90 Å². The highest BCUT2D eigenvalue weighted by atomic mass is 15.1. The van der Waals surface area contributed by atoms with Crippen LogP contribution in [0.4, 0.5) is 17.1 Å². The lowest BCUT2D eigenvalue weighted by Crippen LogP contribution is -2.55. The number of fused-ring (bicyclic) bond motifs is 6. The van der Waals surface area contributed by atoms with E-state index in [0.717, 1.165) is 17.5 Å². The standard InChI is InChI=1S/C65H51N/c1-5-17-45(18-6-1)47-29-34-63(58(40-47)46-19-7-2-8-20-46)66(53-31-33-57-55-26-14-16-28-60(55)65(62(57)42-53)50-36-43-35-44(38-50)39-51(65)37-43)52-30-32-56-54-25-13-15-27-59(54)64(61(56)41-52,48-21-9-3-10-22-48)49-23-11-4-12-24-49/h1-34,40-44,50-51H,35-39H2. The van der Waals surface area contributed by atoms with Crippen molar-refractivity contribution >= 4 is 17.1 Å². The SMILES string of the molecule is c1ccc(-c2ccc(N(c3ccc4c(c3)C(c3ccccc3)(c3ccccc3)c3ccccc3-4)c3ccc4c(c3)C3(c5ccccc5-4)C4CC5CC(C4)CC3C5)c(-c3ccccc3)c2)cc1. The van der Waals surface area contributed by atoms with Gasteiger partial charge in [0.15, 0.2) is 0 Å². The van der Waals surface area contributed by atoms with E-state index in [-0.39, 0.29) is 5.41 Å². The fourth-order valence-corrected chi connectivity index (χ4v) is 14.7. The van der Waals surface area contributed by atoms with Crippen LogP contribution in [0.25, 0.3) is 44.5 Å². The van der Waals surface area contributed by atoms with E-state index in [4.69, 9.17) is 0 Å². The summed E-state index contributed by atoms with van der Waals surface area (Å²) in [5, 5.41) is 0. The second-order valence-electron chi connectivity index (χ2n) is 20.0. The van der Waals surface area contributed by atoms with Crippen LogP contribution in [0.15, 0.2) is 224 Å². The molecular weight excluding hydrogens is 795 g/mol. The Morgan fingerprint density at radius 3 is 1.39 bits per heavy atom. The molecule has 0 amide bonds. The Kier molecular flexibility index (Phi) is 8.45. The normalized spacial score (nSPS) is 22.1. The molecule has 4 saturated carbocycles. The predicted octanol–water partition coefficient (Wildman–Crippen LogP) is 16.6. The summed E-state index contributed by atoms with van der Waals surface area (Å²) < 4.78 is 0. The smallest absolute Gasteiger partial charge is 0.0714 e. The van der Waals surface area contributed by atoms with Crippen molar-refractivity contribution in [1.29, 1.82) is 0 Å². The molecule has 0 saturated heterocycles. The maximum Gasteiger partial charge on any atom is 0.0714 e. The largest absolute Gasteiger partial charge is 0.310 e. The van der Waals surface area contributed by atoms with E-state index in [1.165, 1.54) is 110 Å². The summed E-state index contributed by atoms with van der Waals surface area (Å²) in [6, 6.07) is 85.2. The van der Waals surface area contributed by atoms with Gasteiger partial charge in [0.25, 0.3) is 0 Å². The summed E-state index contributed by atoms with van der Waals surface area (Å²) in [6.45, 7) is 0. The van der Waals surface area contributed by atoms with E-state index in [1.54, 1.807) is 11.1 Å². The van der Waals surface area contributed by atoms with E-state index in [1.807, 2.05) is 0 Å². The minimum atomic E-state index is -0.514. The summed E-state index contributed by atoms with van der Waals surface area (Å²) in [5.74, 6) is 3.13. The van der Waals surface area contributed by atoms with Crippen LogP contribution in [-0.2, 0) is 10.8 Å². The molecule has 66 heavy (non-hydrogen) atoms. The second-order valence-corrected chi connectivity index (χ2v) is 20.0. The van der Waals surface area contributed by atoms with Crippen molar-refractivity contribution in [2.75, 3.05) is 4.90 Å². The van der Waals surface area contributed by atoms with E-state index in [2.05, 4.69) is 229 Å². The molecule has 9 aromatic rings. The highest BCUT2D eigenvalue weighted by Crippen LogP contribution is 2.70. The Morgan fingerprint density at radius 2 is 0.788 bits per heavy atom. The Bertz CT molecular complexity index is 3250. The zero-order valence-electron chi connectivity index (χ0n) is 37.2. The average Bonchev–Trinajstić information content (AvgIpc) is 3.84.